The topological polar surface area (TPSA) is 125 Å². The maximum Gasteiger partial charge on any atom is 0.306 e. The minimum atomic E-state index is -4.46. The van der Waals surface area contributed by atoms with E-state index in [1.165, 1.54) is 0 Å². The molecule has 2 aliphatic rings. The molecule has 0 saturated heterocycles. The van der Waals surface area contributed by atoms with Crippen molar-refractivity contribution in [2.75, 3.05) is 0 Å². The molecule has 2 aliphatic carbocycles. The Balaban J connectivity index is 1.72. The van der Waals surface area contributed by atoms with E-state index in [-0.39, 0.29) is 27.4 Å². The molecule has 1 aromatic heterocycles. The molecule has 0 radical (unpaired) electrons. The quantitative estimate of drug-likeness (QED) is 0.340. The minimum absolute atomic E-state index is 0.0173. The Morgan fingerprint density at radius 2 is 1.80 bits per heavy atom. The van der Waals surface area contributed by atoms with Crippen molar-refractivity contribution in [3.63, 3.8) is 0 Å². The van der Waals surface area contributed by atoms with Gasteiger partial charge in [0.2, 0.25) is 10.0 Å². The lowest BCUT2D eigenvalue weighted by Gasteiger charge is -2.32. The fraction of sp³-hybridized carbons (Fsp3) is 0.593. The van der Waals surface area contributed by atoms with Crippen LogP contribution in [0, 0.1) is 17.7 Å². The normalized spacial score (nSPS) is 20.4. The average molecular weight is 602 g/mol. The molecule has 3 N–H and O–H groups in total. The van der Waals surface area contributed by atoms with Crippen molar-refractivity contribution in [3.05, 3.63) is 34.2 Å². The Labute approximate surface area is 235 Å². The average Bonchev–Trinajstić information content (AvgIpc) is 3.22. The summed E-state index contributed by atoms with van der Waals surface area (Å²) in [5.41, 5.74) is -2.04. The van der Waals surface area contributed by atoms with E-state index in [4.69, 9.17) is 5.11 Å². The molecule has 1 aromatic carbocycles. The van der Waals surface area contributed by atoms with E-state index in [0.717, 1.165) is 55.6 Å². The standard InChI is InChI=1S/C27H34F3N3O5S2/c1-27(2,3)33-40(37,38)19-10-9-17(21(28)20(19)23(29)30)22-18(11-14-7-5-4-6-8-14)32-25(39-22)24(34)31-16-12-15(13-16)26(35)36/h9-10,14-16,23,33H,4-8,11-13H2,1-3H3,(H,31,34)(H,35,36)/t15-,16-. The number of nitrogens with one attached hydrogen (secondary N) is 2. The van der Waals surface area contributed by atoms with E-state index < -0.39 is 56.1 Å². The van der Waals surface area contributed by atoms with Crippen LogP contribution in [0.5, 0.6) is 0 Å². The van der Waals surface area contributed by atoms with Crippen LogP contribution >= 0.6 is 11.3 Å². The van der Waals surface area contributed by atoms with Crippen molar-refractivity contribution in [1.82, 2.24) is 15.0 Å². The molecular weight excluding hydrogens is 567 g/mol. The maximum atomic E-state index is 15.8. The molecule has 2 aromatic rings. The number of hydrogen-bond acceptors (Lipinski definition) is 6. The summed E-state index contributed by atoms with van der Waals surface area (Å²) in [4.78, 5) is 27.9. The molecule has 13 heteroatoms. The number of thiazole rings is 1. The summed E-state index contributed by atoms with van der Waals surface area (Å²) in [6.07, 6.45) is 2.62. The van der Waals surface area contributed by atoms with Crippen LogP contribution in [0.4, 0.5) is 13.2 Å². The van der Waals surface area contributed by atoms with Gasteiger partial charge in [-0.3, -0.25) is 9.59 Å². The van der Waals surface area contributed by atoms with Gasteiger partial charge in [-0.2, -0.15) is 0 Å². The van der Waals surface area contributed by atoms with Gasteiger partial charge in [0.1, 0.15) is 5.82 Å². The predicted octanol–water partition coefficient (Wildman–Crippen LogP) is 5.68. The highest BCUT2D eigenvalue weighted by Gasteiger charge is 2.37. The van der Waals surface area contributed by atoms with Gasteiger partial charge in [-0.25, -0.2) is 31.3 Å². The number of alkyl halides is 2. The Morgan fingerprint density at radius 1 is 1.15 bits per heavy atom. The summed E-state index contributed by atoms with van der Waals surface area (Å²) in [5.74, 6) is -3.12. The summed E-state index contributed by atoms with van der Waals surface area (Å²) in [7, 11) is -4.46. The number of benzene rings is 1. The number of nitrogens with zero attached hydrogens (tertiary/aromatic N) is 1. The van der Waals surface area contributed by atoms with E-state index in [9.17, 15) is 26.8 Å². The second-order valence-corrected chi connectivity index (χ2v) is 14.3. The fourth-order valence-corrected chi connectivity index (χ4v) is 7.94. The third-order valence-corrected chi connectivity index (χ3v) is 10.2. The fourth-order valence-electron chi connectivity index (χ4n) is 5.29. The van der Waals surface area contributed by atoms with E-state index in [0.29, 0.717) is 25.0 Å². The van der Waals surface area contributed by atoms with Crippen molar-refractivity contribution in [1.29, 1.82) is 0 Å². The number of aromatic nitrogens is 1. The number of rotatable bonds is 9. The first-order valence-corrected chi connectivity index (χ1v) is 15.6. The highest BCUT2D eigenvalue weighted by Crippen LogP contribution is 2.41. The van der Waals surface area contributed by atoms with E-state index in [1.54, 1.807) is 20.8 Å². The van der Waals surface area contributed by atoms with Gasteiger partial charge in [0.15, 0.2) is 5.01 Å². The summed E-state index contributed by atoms with van der Waals surface area (Å²) in [5, 5.41) is 11.9. The number of aliphatic carboxylic acids is 1. The van der Waals surface area contributed by atoms with Gasteiger partial charge in [-0.15, -0.1) is 11.3 Å². The Bertz CT molecular complexity index is 1380. The van der Waals surface area contributed by atoms with Crippen molar-refractivity contribution in [2.45, 2.75) is 95.0 Å². The van der Waals surface area contributed by atoms with Crippen LogP contribution in [0.1, 0.15) is 93.2 Å². The van der Waals surface area contributed by atoms with E-state index >= 15 is 4.39 Å². The number of carboxylic acids is 1. The van der Waals surface area contributed by atoms with Crippen molar-refractivity contribution in [3.8, 4) is 10.4 Å². The largest absolute Gasteiger partial charge is 0.481 e. The number of carboxylic acid groups (broad SMARTS) is 1. The van der Waals surface area contributed by atoms with Gasteiger partial charge in [-0.05, 0) is 58.1 Å². The van der Waals surface area contributed by atoms with Gasteiger partial charge >= 0.3 is 5.97 Å². The van der Waals surface area contributed by atoms with Gasteiger partial charge in [0.25, 0.3) is 12.3 Å². The van der Waals surface area contributed by atoms with E-state index in [1.807, 2.05) is 0 Å². The smallest absolute Gasteiger partial charge is 0.306 e. The maximum absolute atomic E-state index is 15.8. The van der Waals surface area contributed by atoms with Crippen LogP contribution < -0.4 is 10.0 Å². The van der Waals surface area contributed by atoms with Gasteiger partial charge in [0, 0.05) is 17.1 Å². The second-order valence-electron chi connectivity index (χ2n) is 11.7. The number of amides is 1. The van der Waals surface area contributed by atoms with Crippen LogP contribution in [0.2, 0.25) is 0 Å². The lowest BCUT2D eigenvalue weighted by molar-refractivity contribution is -0.145. The van der Waals surface area contributed by atoms with Crippen molar-refractivity contribution < 1.29 is 36.3 Å². The first kappa shape index (κ1) is 30.4. The molecule has 2 saturated carbocycles. The van der Waals surface area contributed by atoms with Gasteiger partial charge in [-0.1, -0.05) is 32.1 Å². The Morgan fingerprint density at radius 3 is 2.38 bits per heavy atom. The SMILES string of the molecule is CC(C)(C)NS(=O)(=O)c1ccc(-c2sc(C(=O)N[C@H]3C[C@H](C(=O)O)C3)nc2CC2CCCCC2)c(F)c1C(F)F. The summed E-state index contributed by atoms with van der Waals surface area (Å²) in [6.45, 7) is 4.64. The zero-order valence-electron chi connectivity index (χ0n) is 22.6. The van der Waals surface area contributed by atoms with E-state index in [2.05, 4.69) is 15.0 Å². The predicted molar refractivity (Wildman–Crippen MR) is 144 cm³/mol. The summed E-state index contributed by atoms with van der Waals surface area (Å²) >= 11 is 0.861. The highest BCUT2D eigenvalue weighted by atomic mass is 32.2. The lowest BCUT2D eigenvalue weighted by atomic mass is 9.80. The third kappa shape index (κ3) is 6.85. The first-order valence-electron chi connectivity index (χ1n) is 13.3. The number of carbonyl (C=O) groups excluding carboxylic acids is 1. The Kier molecular flexibility index (Phi) is 8.96. The first-order chi connectivity index (χ1) is 18.7. The van der Waals surface area contributed by atoms with Crippen LogP contribution in [-0.4, -0.2) is 42.0 Å². The number of sulfonamides is 1. The molecule has 0 bridgehead atoms. The molecule has 0 spiro atoms. The molecular formula is C27H34F3N3O5S2. The monoisotopic (exact) mass is 601 g/mol. The van der Waals surface area contributed by atoms with Crippen LogP contribution in [-0.2, 0) is 21.2 Å². The Hall–Kier alpha value is -2.51. The zero-order chi connectivity index (χ0) is 29.4. The van der Waals surface area contributed by atoms with Gasteiger partial charge < -0.3 is 10.4 Å². The molecule has 8 nitrogen and oxygen atoms in total. The minimum Gasteiger partial charge on any atom is -0.481 e. The van der Waals surface area contributed by atoms with Gasteiger partial charge in [0.05, 0.1) is 26.9 Å². The highest BCUT2D eigenvalue weighted by molar-refractivity contribution is 7.89. The molecule has 1 amide bonds. The molecule has 220 valence electrons. The molecule has 4 rings (SSSR count). The van der Waals surface area contributed by atoms with Crippen LogP contribution in [0.25, 0.3) is 10.4 Å². The van der Waals surface area contributed by atoms with Crippen molar-refractivity contribution in [2.24, 2.45) is 11.8 Å². The molecule has 0 atom stereocenters. The molecule has 40 heavy (non-hydrogen) atoms. The van der Waals surface area contributed by atoms with Crippen LogP contribution in [0.3, 0.4) is 0 Å². The number of hydrogen-bond donors (Lipinski definition) is 3. The zero-order valence-corrected chi connectivity index (χ0v) is 24.2. The molecule has 0 unspecified atom stereocenters. The third-order valence-electron chi connectivity index (χ3n) is 7.25. The lowest BCUT2D eigenvalue weighted by Crippen LogP contribution is -2.46. The van der Waals surface area contributed by atoms with Crippen molar-refractivity contribution >= 4 is 33.2 Å². The molecule has 0 aliphatic heterocycles. The van der Waals surface area contributed by atoms with Crippen LogP contribution in [0.15, 0.2) is 17.0 Å². The number of halogens is 3. The number of carbonyl (C=O) groups is 2. The summed E-state index contributed by atoms with van der Waals surface area (Å²) < 4.78 is 72.3. The summed E-state index contributed by atoms with van der Waals surface area (Å²) in [6, 6.07) is 1.80. The molecule has 2 fully saturated rings. The molecule has 1 heterocycles. The second kappa shape index (κ2) is 11.8.